The van der Waals surface area contributed by atoms with Gasteiger partial charge in [-0.2, -0.15) is 4.98 Å². The minimum Gasteiger partial charge on any atom is -0.370 e. The molecule has 32 heavy (non-hydrogen) atoms. The highest BCUT2D eigenvalue weighted by Gasteiger charge is 2.26. The number of anilines is 1. The zero-order valence-corrected chi connectivity index (χ0v) is 18.3. The van der Waals surface area contributed by atoms with Gasteiger partial charge in [0.15, 0.2) is 5.65 Å². The van der Waals surface area contributed by atoms with Gasteiger partial charge in [0.05, 0.1) is 18.8 Å². The molecule has 1 saturated heterocycles. The molecule has 1 atom stereocenters. The average Bonchev–Trinajstić information content (AvgIpc) is 2.78. The van der Waals surface area contributed by atoms with E-state index in [0.717, 1.165) is 17.0 Å². The summed E-state index contributed by atoms with van der Waals surface area (Å²) in [6.07, 6.45) is 3.25. The number of aryl methyl sites for hydroxylation is 2. The van der Waals surface area contributed by atoms with Gasteiger partial charge in [-0.15, -0.1) is 0 Å². The first-order chi connectivity index (χ1) is 15.5. The molecule has 1 fully saturated rings. The summed E-state index contributed by atoms with van der Waals surface area (Å²) >= 11 is 5.95. The lowest BCUT2D eigenvalue weighted by Crippen LogP contribution is -2.39. The molecule has 9 heteroatoms. The fourth-order valence-electron chi connectivity index (χ4n) is 3.79. The lowest BCUT2D eigenvalue weighted by atomic mass is 10.1. The Balaban J connectivity index is 1.59. The standard InChI is InChI=1S/C23H20ClFN6O/c1-13-9-15(5-6-26-13)19-12-31(7-8-32-19)23-29-20(17-4-3-16(24)10-18(17)25)21-22(30-23)28-14(2)11-27-21/h3-6,9-11,19H,7-8,12H2,1-2H3/t19-/m1/s1. The van der Waals surface area contributed by atoms with Gasteiger partial charge >= 0.3 is 0 Å². The van der Waals surface area contributed by atoms with Gasteiger partial charge in [0.2, 0.25) is 5.95 Å². The van der Waals surface area contributed by atoms with Crippen LogP contribution in [0, 0.1) is 19.7 Å². The minimum absolute atomic E-state index is 0.149. The van der Waals surface area contributed by atoms with E-state index in [4.69, 9.17) is 21.3 Å². The van der Waals surface area contributed by atoms with E-state index in [1.807, 2.05) is 30.9 Å². The summed E-state index contributed by atoms with van der Waals surface area (Å²) in [6, 6.07) is 8.46. The van der Waals surface area contributed by atoms with Crippen molar-refractivity contribution in [2.24, 2.45) is 0 Å². The number of nitrogens with zero attached hydrogens (tertiary/aromatic N) is 6. The van der Waals surface area contributed by atoms with E-state index in [9.17, 15) is 4.39 Å². The normalized spacial score (nSPS) is 16.5. The molecule has 7 nitrogen and oxygen atoms in total. The Morgan fingerprint density at radius 3 is 2.75 bits per heavy atom. The average molecular weight is 451 g/mol. The third-order valence-corrected chi connectivity index (χ3v) is 5.58. The van der Waals surface area contributed by atoms with E-state index in [2.05, 4.69) is 19.9 Å². The number of morpholine rings is 1. The molecule has 0 bridgehead atoms. The Morgan fingerprint density at radius 2 is 1.94 bits per heavy atom. The van der Waals surface area contributed by atoms with Crippen molar-refractivity contribution in [1.82, 2.24) is 24.9 Å². The Bertz CT molecular complexity index is 1320. The maximum Gasteiger partial charge on any atom is 0.228 e. The molecule has 1 aliphatic rings. The van der Waals surface area contributed by atoms with Crippen LogP contribution in [0.2, 0.25) is 5.02 Å². The molecule has 0 saturated carbocycles. The second-order valence-corrected chi connectivity index (χ2v) is 8.15. The maximum absolute atomic E-state index is 14.8. The second-order valence-electron chi connectivity index (χ2n) is 7.72. The van der Waals surface area contributed by atoms with Gasteiger partial charge in [-0.1, -0.05) is 11.6 Å². The summed E-state index contributed by atoms with van der Waals surface area (Å²) in [5.41, 5.74) is 4.23. The van der Waals surface area contributed by atoms with E-state index in [-0.39, 0.29) is 6.10 Å². The molecular weight excluding hydrogens is 431 g/mol. The van der Waals surface area contributed by atoms with Gasteiger partial charge in [0.25, 0.3) is 0 Å². The number of pyridine rings is 1. The predicted molar refractivity (Wildman–Crippen MR) is 120 cm³/mol. The molecule has 0 N–H and O–H groups in total. The van der Waals surface area contributed by atoms with E-state index in [1.165, 1.54) is 6.07 Å². The van der Waals surface area contributed by atoms with Crippen LogP contribution in [0.25, 0.3) is 22.4 Å². The summed E-state index contributed by atoms with van der Waals surface area (Å²) in [6.45, 7) is 5.46. The number of halogens is 2. The van der Waals surface area contributed by atoms with Gasteiger partial charge in [0, 0.05) is 35.2 Å². The predicted octanol–water partition coefficient (Wildman–Crippen LogP) is 4.47. The lowest BCUT2D eigenvalue weighted by molar-refractivity contribution is 0.0391. The van der Waals surface area contributed by atoms with Crippen molar-refractivity contribution in [3.63, 3.8) is 0 Å². The van der Waals surface area contributed by atoms with Crippen LogP contribution >= 0.6 is 11.6 Å². The topological polar surface area (TPSA) is 76.9 Å². The fraction of sp³-hybridized carbons (Fsp3) is 0.261. The zero-order chi connectivity index (χ0) is 22.2. The third kappa shape index (κ3) is 3.99. The van der Waals surface area contributed by atoms with Crippen molar-refractivity contribution in [2.45, 2.75) is 20.0 Å². The van der Waals surface area contributed by atoms with Gasteiger partial charge < -0.3 is 9.64 Å². The van der Waals surface area contributed by atoms with Crippen molar-refractivity contribution in [3.8, 4) is 11.3 Å². The molecule has 0 unspecified atom stereocenters. The molecule has 0 radical (unpaired) electrons. The SMILES string of the molecule is Cc1cc([C@H]2CN(c3nc(-c4ccc(Cl)cc4F)c4ncc(C)nc4n3)CCO2)ccn1. The van der Waals surface area contributed by atoms with Gasteiger partial charge in [-0.25, -0.2) is 19.3 Å². The van der Waals surface area contributed by atoms with Crippen molar-refractivity contribution in [3.05, 3.63) is 70.5 Å². The van der Waals surface area contributed by atoms with E-state index in [0.29, 0.717) is 53.1 Å². The molecule has 0 spiro atoms. The van der Waals surface area contributed by atoms with Gasteiger partial charge in [-0.3, -0.25) is 4.98 Å². The molecule has 162 valence electrons. The van der Waals surface area contributed by atoms with E-state index < -0.39 is 5.82 Å². The number of hydrogen-bond donors (Lipinski definition) is 0. The van der Waals surface area contributed by atoms with E-state index in [1.54, 1.807) is 24.5 Å². The smallest absolute Gasteiger partial charge is 0.228 e. The van der Waals surface area contributed by atoms with Crippen LogP contribution < -0.4 is 4.90 Å². The minimum atomic E-state index is -0.474. The number of benzene rings is 1. The first-order valence-electron chi connectivity index (χ1n) is 10.2. The summed E-state index contributed by atoms with van der Waals surface area (Å²) in [5, 5.41) is 0.315. The van der Waals surface area contributed by atoms with Crippen LogP contribution in [0.4, 0.5) is 10.3 Å². The van der Waals surface area contributed by atoms with Gasteiger partial charge in [0.1, 0.15) is 23.1 Å². The number of ether oxygens (including phenoxy) is 1. The van der Waals surface area contributed by atoms with Gasteiger partial charge in [-0.05, 0) is 49.7 Å². The Morgan fingerprint density at radius 1 is 1.06 bits per heavy atom. The first kappa shape index (κ1) is 20.7. The van der Waals surface area contributed by atoms with Crippen LogP contribution in [0.3, 0.4) is 0 Å². The highest BCUT2D eigenvalue weighted by molar-refractivity contribution is 6.30. The molecule has 5 rings (SSSR count). The number of fused-ring (bicyclic) bond motifs is 1. The summed E-state index contributed by atoms with van der Waals surface area (Å²) < 4.78 is 20.8. The molecule has 1 aliphatic heterocycles. The zero-order valence-electron chi connectivity index (χ0n) is 17.6. The molecule has 3 aromatic heterocycles. The number of aromatic nitrogens is 5. The summed E-state index contributed by atoms with van der Waals surface area (Å²) in [5.74, 6) is -0.0150. The molecule has 0 amide bonds. The monoisotopic (exact) mass is 450 g/mol. The highest BCUT2D eigenvalue weighted by Crippen LogP contribution is 2.31. The fourth-order valence-corrected chi connectivity index (χ4v) is 3.95. The Labute approximate surface area is 189 Å². The quantitative estimate of drug-likeness (QED) is 0.455. The molecule has 0 aliphatic carbocycles. The lowest BCUT2D eigenvalue weighted by Gasteiger charge is -2.33. The Hall–Kier alpha value is -3.23. The van der Waals surface area contributed by atoms with Crippen LogP contribution in [-0.2, 0) is 4.74 Å². The summed E-state index contributed by atoms with van der Waals surface area (Å²) in [4.78, 5) is 24.6. The van der Waals surface area contributed by atoms with Crippen LogP contribution in [0.5, 0.6) is 0 Å². The number of hydrogen-bond acceptors (Lipinski definition) is 7. The first-order valence-corrected chi connectivity index (χ1v) is 10.6. The van der Waals surface area contributed by atoms with Crippen molar-refractivity contribution in [2.75, 3.05) is 24.6 Å². The van der Waals surface area contributed by atoms with Crippen LogP contribution in [0.15, 0.2) is 42.7 Å². The summed E-state index contributed by atoms with van der Waals surface area (Å²) in [7, 11) is 0. The highest BCUT2D eigenvalue weighted by atomic mass is 35.5. The largest absolute Gasteiger partial charge is 0.370 e. The van der Waals surface area contributed by atoms with Crippen LogP contribution in [0.1, 0.15) is 23.1 Å². The van der Waals surface area contributed by atoms with Crippen molar-refractivity contribution in [1.29, 1.82) is 0 Å². The van der Waals surface area contributed by atoms with Crippen LogP contribution in [-0.4, -0.2) is 44.6 Å². The van der Waals surface area contributed by atoms with Crippen molar-refractivity contribution < 1.29 is 9.13 Å². The maximum atomic E-state index is 14.8. The van der Waals surface area contributed by atoms with E-state index >= 15 is 0 Å². The second kappa shape index (κ2) is 8.37. The Kier molecular flexibility index (Phi) is 5.40. The molecule has 1 aromatic carbocycles. The third-order valence-electron chi connectivity index (χ3n) is 5.34. The molecule has 4 aromatic rings. The molecular formula is C23H20ClFN6O. The molecule has 4 heterocycles. The van der Waals surface area contributed by atoms with Crippen molar-refractivity contribution >= 4 is 28.7 Å². The number of rotatable bonds is 3.